The number of rotatable bonds is 3. The van der Waals surface area contributed by atoms with Gasteiger partial charge in [-0.05, 0) is 31.4 Å². The van der Waals surface area contributed by atoms with Crippen molar-refractivity contribution in [3.05, 3.63) is 35.7 Å². The van der Waals surface area contributed by atoms with E-state index in [1.165, 1.54) is 30.5 Å². The zero-order chi connectivity index (χ0) is 16.9. The van der Waals surface area contributed by atoms with Crippen molar-refractivity contribution in [1.29, 1.82) is 0 Å². The second-order valence-corrected chi connectivity index (χ2v) is 7.27. The number of ether oxygens (including phenoxy) is 2. The zero-order valence-electron chi connectivity index (χ0n) is 14.6. The van der Waals surface area contributed by atoms with Gasteiger partial charge in [-0.15, -0.1) is 10.2 Å². The number of anilines is 2. The summed E-state index contributed by atoms with van der Waals surface area (Å²) in [6.07, 6.45) is 3.74. The summed E-state index contributed by atoms with van der Waals surface area (Å²) in [5, 5.41) is 9.06. The Kier molecular flexibility index (Phi) is 3.57. The van der Waals surface area contributed by atoms with Crippen LogP contribution in [0.1, 0.15) is 43.7 Å². The molecular formula is C19H24N4O2. The number of benzene rings is 1. The molecule has 0 N–H and O–H groups in total. The second-order valence-electron chi connectivity index (χ2n) is 7.27. The van der Waals surface area contributed by atoms with E-state index in [0.29, 0.717) is 25.2 Å². The summed E-state index contributed by atoms with van der Waals surface area (Å²) in [5.41, 5.74) is 3.08. The summed E-state index contributed by atoms with van der Waals surface area (Å²) >= 11 is 0. The Morgan fingerprint density at radius 3 is 2.80 bits per heavy atom. The number of aromatic nitrogens is 3. The molecular weight excluding hydrogens is 316 g/mol. The van der Waals surface area contributed by atoms with Crippen LogP contribution in [0.25, 0.3) is 0 Å². The second kappa shape index (κ2) is 5.81. The van der Waals surface area contributed by atoms with Gasteiger partial charge in [0.05, 0.1) is 19.8 Å². The zero-order valence-corrected chi connectivity index (χ0v) is 14.6. The fraction of sp³-hybridized carbons (Fsp3) is 0.579. The molecule has 132 valence electrons. The molecule has 0 amide bonds. The van der Waals surface area contributed by atoms with Gasteiger partial charge in [-0.25, -0.2) is 0 Å². The lowest BCUT2D eigenvalue weighted by molar-refractivity contribution is -0.0947. The number of fused-ring (bicyclic) bond motifs is 2. The first-order valence-electron chi connectivity index (χ1n) is 9.32. The fourth-order valence-electron chi connectivity index (χ4n) is 4.52. The van der Waals surface area contributed by atoms with Crippen molar-refractivity contribution < 1.29 is 9.47 Å². The van der Waals surface area contributed by atoms with Gasteiger partial charge < -0.3 is 14.4 Å². The predicted octanol–water partition coefficient (Wildman–Crippen LogP) is 2.96. The monoisotopic (exact) mass is 340 g/mol. The van der Waals surface area contributed by atoms with Crippen LogP contribution in [0, 0.1) is 0 Å². The maximum atomic E-state index is 5.86. The van der Waals surface area contributed by atoms with E-state index in [9.17, 15) is 0 Å². The van der Waals surface area contributed by atoms with E-state index < -0.39 is 0 Å². The normalized spacial score (nSPS) is 24.4. The lowest BCUT2D eigenvalue weighted by Gasteiger charge is -2.39. The van der Waals surface area contributed by atoms with E-state index in [1.807, 2.05) is 0 Å². The molecule has 1 aromatic heterocycles. The van der Waals surface area contributed by atoms with Gasteiger partial charge in [0.25, 0.3) is 0 Å². The predicted molar refractivity (Wildman–Crippen MR) is 94.2 cm³/mol. The van der Waals surface area contributed by atoms with Gasteiger partial charge in [-0.1, -0.05) is 24.6 Å². The molecule has 2 aromatic rings. The lowest BCUT2D eigenvalue weighted by atomic mass is 9.66. The Morgan fingerprint density at radius 1 is 1.20 bits per heavy atom. The summed E-state index contributed by atoms with van der Waals surface area (Å²) in [5.74, 6) is 1.81. The topological polar surface area (TPSA) is 52.4 Å². The molecule has 1 atom stereocenters. The fourth-order valence-corrected chi connectivity index (χ4v) is 4.52. The van der Waals surface area contributed by atoms with Gasteiger partial charge in [0.15, 0.2) is 5.82 Å². The van der Waals surface area contributed by atoms with Crippen LogP contribution in [0.5, 0.6) is 0 Å². The van der Waals surface area contributed by atoms with Gasteiger partial charge in [0, 0.05) is 24.2 Å². The van der Waals surface area contributed by atoms with Crippen molar-refractivity contribution in [2.24, 2.45) is 0 Å². The van der Waals surface area contributed by atoms with Crippen molar-refractivity contribution >= 4 is 11.6 Å². The molecule has 3 heterocycles. The molecule has 0 radical (unpaired) electrons. The molecule has 1 aliphatic carbocycles. The van der Waals surface area contributed by atoms with Crippen LogP contribution in [-0.2, 0) is 21.4 Å². The number of nitrogens with zero attached hydrogens (tertiary/aromatic N) is 4. The van der Waals surface area contributed by atoms with Crippen LogP contribution in [-0.4, -0.2) is 41.1 Å². The molecule has 0 bridgehead atoms. The molecule has 1 saturated heterocycles. The molecule has 1 spiro atoms. The summed E-state index contributed by atoms with van der Waals surface area (Å²) in [6, 6.07) is 8.79. The Morgan fingerprint density at radius 2 is 2.08 bits per heavy atom. The number of hydrogen-bond acceptors (Lipinski definition) is 5. The van der Waals surface area contributed by atoms with Crippen molar-refractivity contribution in [2.45, 2.75) is 44.2 Å². The Labute approximate surface area is 147 Å². The van der Waals surface area contributed by atoms with Gasteiger partial charge in [-0.2, -0.15) is 0 Å². The van der Waals surface area contributed by atoms with Crippen molar-refractivity contribution in [3.8, 4) is 0 Å². The van der Waals surface area contributed by atoms with E-state index in [1.54, 1.807) is 0 Å². The third-order valence-corrected chi connectivity index (χ3v) is 5.96. The molecule has 1 saturated carbocycles. The third kappa shape index (κ3) is 2.24. The highest BCUT2D eigenvalue weighted by Crippen LogP contribution is 2.54. The van der Waals surface area contributed by atoms with Crippen LogP contribution < -0.4 is 4.90 Å². The quantitative estimate of drug-likeness (QED) is 0.860. The van der Waals surface area contributed by atoms with E-state index >= 15 is 0 Å². The van der Waals surface area contributed by atoms with Gasteiger partial charge in [-0.3, -0.25) is 4.57 Å². The first-order valence-corrected chi connectivity index (χ1v) is 9.32. The van der Waals surface area contributed by atoms with Crippen LogP contribution in [0.4, 0.5) is 11.6 Å². The van der Waals surface area contributed by atoms with Crippen LogP contribution >= 0.6 is 0 Å². The minimum atomic E-state index is -0.120. The molecule has 5 rings (SSSR count). The van der Waals surface area contributed by atoms with Crippen LogP contribution in [0.2, 0.25) is 0 Å². The highest BCUT2D eigenvalue weighted by atomic mass is 16.6. The molecule has 6 nitrogen and oxygen atoms in total. The van der Waals surface area contributed by atoms with Crippen LogP contribution in [0.15, 0.2) is 24.3 Å². The Hall–Kier alpha value is -1.92. The van der Waals surface area contributed by atoms with E-state index in [0.717, 1.165) is 24.9 Å². The first-order chi connectivity index (χ1) is 12.3. The molecule has 1 aromatic carbocycles. The van der Waals surface area contributed by atoms with Gasteiger partial charge in [0.1, 0.15) is 6.10 Å². The first kappa shape index (κ1) is 15.3. The summed E-state index contributed by atoms with van der Waals surface area (Å²) in [4.78, 5) is 2.36. The van der Waals surface area contributed by atoms with Crippen molar-refractivity contribution in [3.63, 3.8) is 0 Å². The standard InChI is InChI=1S/C19H24N4O2/c1-2-22-17(16-12-24-10-11-25-16)20-21-18(22)23-13-19(8-5-9-19)14-6-3-4-7-15(14)23/h3-4,6-7,16H,2,5,8-13H2,1H3. The summed E-state index contributed by atoms with van der Waals surface area (Å²) in [7, 11) is 0. The molecule has 25 heavy (non-hydrogen) atoms. The Bertz CT molecular complexity index is 777. The average Bonchev–Trinajstić information content (AvgIpc) is 3.21. The largest absolute Gasteiger partial charge is 0.376 e. The molecule has 2 aliphatic heterocycles. The smallest absolute Gasteiger partial charge is 0.231 e. The van der Waals surface area contributed by atoms with Gasteiger partial charge in [0.2, 0.25) is 5.95 Å². The molecule has 6 heteroatoms. The molecule has 1 unspecified atom stereocenters. The SMILES string of the molecule is CCn1c(C2COCCO2)nnc1N1CC2(CCC2)c2ccccc21. The Balaban J connectivity index is 1.55. The van der Waals surface area contributed by atoms with E-state index in [-0.39, 0.29) is 6.10 Å². The lowest BCUT2D eigenvalue weighted by Crippen LogP contribution is -2.38. The number of hydrogen-bond donors (Lipinski definition) is 0. The van der Waals surface area contributed by atoms with Gasteiger partial charge >= 0.3 is 0 Å². The minimum absolute atomic E-state index is 0.120. The maximum absolute atomic E-state index is 5.86. The van der Waals surface area contributed by atoms with E-state index in [2.05, 4.69) is 50.9 Å². The van der Waals surface area contributed by atoms with E-state index in [4.69, 9.17) is 9.47 Å². The summed E-state index contributed by atoms with van der Waals surface area (Å²) in [6.45, 7) is 5.80. The average molecular weight is 340 g/mol. The van der Waals surface area contributed by atoms with Crippen molar-refractivity contribution in [1.82, 2.24) is 14.8 Å². The summed E-state index contributed by atoms with van der Waals surface area (Å²) < 4.78 is 13.6. The maximum Gasteiger partial charge on any atom is 0.231 e. The third-order valence-electron chi connectivity index (χ3n) is 5.96. The highest BCUT2D eigenvalue weighted by Gasteiger charge is 2.48. The van der Waals surface area contributed by atoms with Crippen molar-refractivity contribution in [2.75, 3.05) is 31.3 Å². The molecule has 2 fully saturated rings. The highest BCUT2D eigenvalue weighted by molar-refractivity contribution is 5.70. The minimum Gasteiger partial charge on any atom is -0.376 e. The number of para-hydroxylation sites is 1. The van der Waals surface area contributed by atoms with Crippen LogP contribution in [0.3, 0.4) is 0 Å². The molecule has 3 aliphatic rings.